The zero-order valence-corrected chi connectivity index (χ0v) is 10.6. The number of carbonyl (C=O) groups excluding carboxylic acids is 1. The van der Waals surface area contributed by atoms with Crippen LogP contribution >= 0.6 is 0 Å². The van der Waals surface area contributed by atoms with Gasteiger partial charge in [0, 0.05) is 12.3 Å². The van der Waals surface area contributed by atoms with Crippen LogP contribution in [0.4, 0.5) is 0 Å². The number of hydrogen-bond donors (Lipinski definition) is 1. The first-order valence-electron chi connectivity index (χ1n) is 6.35. The fourth-order valence-corrected chi connectivity index (χ4v) is 1.60. The van der Waals surface area contributed by atoms with Gasteiger partial charge in [-0.25, -0.2) is 0 Å². The third-order valence-corrected chi connectivity index (χ3v) is 2.74. The average molecular weight is 213 g/mol. The van der Waals surface area contributed by atoms with Gasteiger partial charge in [0.2, 0.25) is 0 Å². The van der Waals surface area contributed by atoms with E-state index in [1.54, 1.807) is 0 Å². The maximum Gasteiger partial charge on any atom is 0.135 e. The topological polar surface area (TPSA) is 29.1 Å². The number of hydrogen-bond acceptors (Lipinski definition) is 2. The summed E-state index contributed by atoms with van der Waals surface area (Å²) in [5, 5.41) is 3.15. The standard InChI is InChI=1S/C13H27NO/c1-12(2)13(15)10-8-6-4-5-7-9-11-14-3/h12,14H,4-11H2,1-3H3. The molecule has 0 radical (unpaired) electrons. The Bertz CT molecular complexity index is 155. The molecule has 0 fully saturated rings. The molecule has 0 aromatic carbocycles. The normalized spacial score (nSPS) is 10.9. The van der Waals surface area contributed by atoms with Crippen LogP contribution in [0.2, 0.25) is 0 Å². The van der Waals surface area contributed by atoms with Gasteiger partial charge >= 0.3 is 0 Å². The summed E-state index contributed by atoms with van der Waals surface area (Å²) in [6, 6.07) is 0. The minimum atomic E-state index is 0.223. The van der Waals surface area contributed by atoms with Gasteiger partial charge in [-0.1, -0.05) is 39.5 Å². The van der Waals surface area contributed by atoms with Crippen LogP contribution in [0.3, 0.4) is 0 Å². The van der Waals surface area contributed by atoms with Crippen molar-refractivity contribution >= 4 is 5.78 Å². The summed E-state index contributed by atoms with van der Waals surface area (Å²) in [7, 11) is 2.00. The fourth-order valence-electron chi connectivity index (χ4n) is 1.60. The van der Waals surface area contributed by atoms with Gasteiger partial charge in [-0.3, -0.25) is 4.79 Å². The van der Waals surface area contributed by atoms with Crippen molar-refractivity contribution in [3.63, 3.8) is 0 Å². The lowest BCUT2D eigenvalue weighted by atomic mass is 10.0. The summed E-state index contributed by atoms with van der Waals surface area (Å²) in [6.07, 6.45) is 8.29. The highest BCUT2D eigenvalue weighted by atomic mass is 16.1. The van der Waals surface area contributed by atoms with Crippen molar-refractivity contribution in [1.82, 2.24) is 5.32 Å². The molecule has 0 amide bonds. The van der Waals surface area contributed by atoms with Gasteiger partial charge in [0.25, 0.3) is 0 Å². The van der Waals surface area contributed by atoms with Crippen LogP contribution in [0.5, 0.6) is 0 Å². The van der Waals surface area contributed by atoms with E-state index in [4.69, 9.17) is 0 Å². The van der Waals surface area contributed by atoms with Crippen LogP contribution in [-0.4, -0.2) is 19.4 Å². The lowest BCUT2D eigenvalue weighted by molar-refractivity contribution is -0.122. The molecule has 90 valence electrons. The molecule has 0 aliphatic rings. The van der Waals surface area contributed by atoms with Gasteiger partial charge in [-0.05, 0) is 26.4 Å². The third kappa shape index (κ3) is 9.92. The number of carbonyl (C=O) groups is 1. The minimum Gasteiger partial charge on any atom is -0.320 e. The molecule has 0 aliphatic heterocycles. The number of Topliss-reactive ketones (excluding diaryl/α,β-unsaturated/α-hetero) is 1. The molecule has 0 spiro atoms. The molecule has 0 aromatic heterocycles. The number of ketones is 1. The molecule has 15 heavy (non-hydrogen) atoms. The molecule has 0 bridgehead atoms. The number of nitrogens with one attached hydrogen (secondary N) is 1. The van der Waals surface area contributed by atoms with Crippen molar-refractivity contribution in [2.75, 3.05) is 13.6 Å². The Morgan fingerprint density at radius 2 is 1.53 bits per heavy atom. The Hall–Kier alpha value is -0.370. The summed E-state index contributed by atoms with van der Waals surface area (Å²) < 4.78 is 0. The number of rotatable bonds is 10. The second-order valence-corrected chi connectivity index (χ2v) is 4.60. The van der Waals surface area contributed by atoms with Gasteiger partial charge < -0.3 is 5.32 Å². The Labute approximate surface area is 94.8 Å². The van der Waals surface area contributed by atoms with E-state index in [0.29, 0.717) is 5.78 Å². The van der Waals surface area contributed by atoms with Crippen LogP contribution in [-0.2, 0) is 4.79 Å². The molecule has 0 unspecified atom stereocenters. The summed E-state index contributed by atoms with van der Waals surface area (Å²) in [5.41, 5.74) is 0. The quantitative estimate of drug-likeness (QED) is 0.565. The van der Waals surface area contributed by atoms with Crippen molar-refractivity contribution in [3.05, 3.63) is 0 Å². The molecule has 0 saturated carbocycles. The van der Waals surface area contributed by atoms with Crippen molar-refractivity contribution in [2.24, 2.45) is 5.92 Å². The molecule has 2 nitrogen and oxygen atoms in total. The molecular weight excluding hydrogens is 186 g/mol. The smallest absolute Gasteiger partial charge is 0.135 e. The summed E-state index contributed by atoms with van der Waals surface area (Å²) >= 11 is 0. The molecule has 0 rings (SSSR count). The monoisotopic (exact) mass is 213 g/mol. The van der Waals surface area contributed by atoms with Gasteiger partial charge in [-0.15, -0.1) is 0 Å². The molecule has 1 N–H and O–H groups in total. The predicted molar refractivity (Wildman–Crippen MR) is 66.1 cm³/mol. The largest absolute Gasteiger partial charge is 0.320 e. The first-order valence-corrected chi connectivity index (χ1v) is 6.35. The Morgan fingerprint density at radius 1 is 1.00 bits per heavy atom. The van der Waals surface area contributed by atoms with Gasteiger partial charge in [0.05, 0.1) is 0 Å². The molecule has 0 aliphatic carbocycles. The molecule has 0 atom stereocenters. The Balaban J connectivity index is 3.08. The third-order valence-electron chi connectivity index (χ3n) is 2.74. The van der Waals surface area contributed by atoms with Crippen LogP contribution in [0.1, 0.15) is 58.8 Å². The molecule has 0 aromatic rings. The predicted octanol–water partition coefficient (Wildman–Crippen LogP) is 3.16. The van der Waals surface area contributed by atoms with E-state index in [1.807, 2.05) is 20.9 Å². The first kappa shape index (κ1) is 14.6. The zero-order chi connectivity index (χ0) is 11.5. The van der Waals surface area contributed by atoms with E-state index < -0.39 is 0 Å². The van der Waals surface area contributed by atoms with Gasteiger partial charge in [0.15, 0.2) is 0 Å². The highest BCUT2D eigenvalue weighted by Crippen LogP contribution is 2.09. The van der Waals surface area contributed by atoms with Crippen molar-refractivity contribution < 1.29 is 4.79 Å². The first-order chi connectivity index (χ1) is 7.18. The molecule has 0 saturated heterocycles. The molecular formula is C13H27NO. The fraction of sp³-hybridized carbons (Fsp3) is 0.923. The molecule has 0 heterocycles. The SMILES string of the molecule is CNCCCCCCCCC(=O)C(C)C. The molecule has 2 heteroatoms. The van der Waals surface area contributed by atoms with E-state index >= 15 is 0 Å². The maximum atomic E-state index is 11.3. The Kier molecular flexibility index (Phi) is 9.91. The Morgan fingerprint density at radius 3 is 2.07 bits per heavy atom. The van der Waals surface area contributed by atoms with Gasteiger partial charge in [0.1, 0.15) is 5.78 Å². The van der Waals surface area contributed by atoms with Crippen LogP contribution in [0, 0.1) is 5.92 Å². The summed E-state index contributed by atoms with van der Waals surface area (Å²) in [6.45, 7) is 5.10. The zero-order valence-electron chi connectivity index (χ0n) is 10.6. The van der Waals surface area contributed by atoms with E-state index in [-0.39, 0.29) is 5.92 Å². The van der Waals surface area contributed by atoms with E-state index in [0.717, 1.165) is 19.4 Å². The minimum absolute atomic E-state index is 0.223. The second kappa shape index (κ2) is 10.2. The van der Waals surface area contributed by atoms with Crippen molar-refractivity contribution in [3.8, 4) is 0 Å². The lowest BCUT2D eigenvalue weighted by Crippen LogP contribution is -2.07. The van der Waals surface area contributed by atoms with Crippen LogP contribution in [0.15, 0.2) is 0 Å². The summed E-state index contributed by atoms with van der Waals surface area (Å²) in [4.78, 5) is 11.3. The summed E-state index contributed by atoms with van der Waals surface area (Å²) in [5.74, 6) is 0.644. The van der Waals surface area contributed by atoms with Gasteiger partial charge in [-0.2, -0.15) is 0 Å². The highest BCUT2D eigenvalue weighted by Gasteiger charge is 2.05. The average Bonchev–Trinajstić information content (AvgIpc) is 2.21. The maximum absolute atomic E-state index is 11.3. The second-order valence-electron chi connectivity index (χ2n) is 4.60. The highest BCUT2D eigenvalue weighted by molar-refractivity contribution is 5.80. The van der Waals surface area contributed by atoms with Crippen LogP contribution in [0.25, 0.3) is 0 Å². The van der Waals surface area contributed by atoms with E-state index in [2.05, 4.69) is 5.32 Å². The van der Waals surface area contributed by atoms with E-state index in [9.17, 15) is 4.79 Å². The van der Waals surface area contributed by atoms with Crippen molar-refractivity contribution in [2.45, 2.75) is 58.8 Å². The lowest BCUT2D eigenvalue weighted by Gasteiger charge is -2.04. The number of unbranched alkanes of at least 4 members (excludes halogenated alkanes) is 5. The van der Waals surface area contributed by atoms with Crippen molar-refractivity contribution in [1.29, 1.82) is 0 Å². The van der Waals surface area contributed by atoms with E-state index in [1.165, 1.54) is 32.1 Å². The van der Waals surface area contributed by atoms with Crippen LogP contribution < -0.4 is 5.32 Å².